The van der Waals surface area contributed by atoms with Crippen molar-refractivity contribution in [1.29, 1.82) is 0 Å². The van der Waals surface area contributed by atoms with Gasteiger partial charge in [-0.3, -0.25) is 4.79 Å². The minimum Gasteiger partial charge on any atom is -0.489 e. The third-order valence-electron chi connectivity index (χ3n) is 4.96. The van der Waals surface area contributed by atoms with Crippen LogP contribution in [0.5, 0.6) is 5.75 Å². The molecule has 2 aromatic carbocycles. The third-order valence-corrected chi connectivity index (χ3v) is 5.87. The highest BCUT2D eigenvalue weighted by Gasteiger charge is 2.42. The van der Waals surface area contributed by atoms with Crippen LogP contribution >= 0.6 is 34.8 Å². The van der Waals surface area contributed by atoms with Crippen molar-refractivity contribution in [3.8, 4) is 5.75 Å². The van der Waals surface area contributed by atoms with Gasteiger partial charge >= 0.3 is 0 Å². The van der Waals surface area contributed by atoms with E-state index in [0.29, 0.717) is 0 Å². The number of ether oxygens (including phenoxy) is 1. The number of nitrogens with one attached hydrogen (secondary N) is 1. The van der Waals surface area contributed by atoms with E-state index in [1.165, 1.54) is 24.0 Å². The van der Waals surface area contributed by atoms with Crippen LogP contribution in [0.15, 0.2) is 24.3 Å². The van der Waals surface area contributed by atoms with Gasteiger partial charge in [0.05, 0.1) is 10.7 Å². The number of β-amino-alcohol motifs (C(OH)–C–C–N with tert-alkyl or cyclic N) is 1. The average molecular weight is 496 g/mol. The number of halogens is 5. The minimum absolute atomic E-state index is 0.0310. The summed E-state index contributed by atoms with van der Waals surface area (Å²) in [5, 5.41) is 24.0. The summed E-state index contributed by atoms with van der Waals surface area (Å²) in [6.45, 7) is 0.757. The number of aliphatic hydroxyl groups is 2. The number of rotatable bonds is 5. The molecule has 31 heavy (non-hydrogen) atoms. The zero-order valence-electron chi connectivity index (χ0n) is 16.3. The molecule has 1 heterocycles. The van der Waals surface area contributed by atoms with E-state index in [1.54, 1.807) is 0 Å². The van der Waals surface area contributed by atoms with Crippen molar-refractivity contribution >= 4 is 52.1 Å². The van der Waals surface area contributed by atoms with Gasteiger partial charge in [0.15, 0.2) is 11.6 Å². The standard InChI is InChI=1S/C20H19Cl3F2N2O4/c1-10(28)26-18-12(22)2-3-15(17(18)23)31-9-20(30)4-5-27(8-16(20)29)19-13(24)6-11(21)7-14(19)25/h2-3,6-7,16,29-30H,4-5,8-9H2,1H3,(H,26,28)/t16-,20-/m1/s1. The quantitative estimate of drug-likeness (QED) is 0.577. The summed E-state index contributed by atoms with van der Waals surface area (Å²) in [6, 6.07) is 4.87. The molecule has 0 aliphatic carbocycles. The van der Waals surface area contributed by atoms with Crippen molar-refractivity contribution < 1.29 is 28.5 Å². The van der Waals surface area contributed by atoms with Crippen LogP contribution in [0.1, 0.15) is 13.3 Å². The lowest BCUT2D eigenvalue weighted by molar-refractivity contribution is -0.114. The molecule has 1 fully saturated rings. The van der Waals surface area contributed by atoms with Gasteiger partial charge in [-0.25, -0.2) is 8.78 Å². The lowest BCUT2D eigenvalue weighted by atomic mass is 9.89. The van der Waals surface area contributed by atoms with E-state index in [-0.39, 0.29) is 64.2 Å². The molecule has 0 aromatic heterocycles. The zero-order chi connectivity index (χ0) is 22.9. The van der Waals surface area contributed by atoms with Gasteiger partial charge in [-0.2, -0.15) is 0 Å². The third kappa shape index (κ3) is 5.15. The van der Waals surface area contributed by atoms with E-state index in [1.807, 2.05) is 0 Å². The van der Waals surface area contributed by atoms with Gasteiger partial charge in [0, 0.05) is 25.0 Å². The SMILES string of the molecule is CC(=O)Nc1c(Cl)ccc(OC[C@]2(O)CCN(c3c(F)cc(Cl)cc3F)C[C@H]2O)c1Cl. The molecule has 0 radical (unpaired) electrons. The summed E-state index contributed by atoms with van der Waals surface area (Å²) in [5.74, 6) is -1.98. The molecular weight excluding hydrogens is 477 g/mol. The van der Waals surface area contributed by atoms with Gasteiger partial charge in [0.2, 0.25) is 5.91 Å². The Balaban J connectivity index is 1.73. The van der Waals surface area contributed by atoms with E-state index in [0.717, 1.165) is 12.1 Å². The van der Waals surface area contributed by atoms with Crippen LogP contribution < -0.4 is 15.0 Å². The second kappa shape index (κ2) is 9.34. The van der Waals surface area contributed by atoms with Crippen LogP contribution in [0.3, 0.4) is 0 Å². The first-order valence-electron chi connectivity index (χ1n) is 9.20. The second-order valence-electron chi connectivity index (χ2n) is 7.24. The molecule has 168 valence electrons. The van der Waals surface area contributed by atoms with Gasteiger partial charge in [-0.1, -0.05) is 34.8 Å². The van der Waals surface area contributed by atoms with Gasteiger partial charge in [-0.05, 0) is 30.7 Å². The molecular formula is C20H19Cl3F2N2O4. The number of hydrogen-bond acceptors (Lipinski definition) is 5. The monoisotopic (exact) mass is 494 g/mol. The van der Waals surface area contributed by atoms with Gasteiger partial charge < -0.3 is 25.2 Å². The van der Waals surface area contributed by atoms with Crippen LogP contribution in [0.25, 0.3) is 0 Å². The maximum Gasteiger partial charge on any atom is 0.221 e. The first-order chi connectivity index (χ1) is 14.5. The fourth-order valence-electron chi connectivity index (χ4n) is 3.31. The fourth-order valence-corrected chi connectivity index (χ4v) is 4.02. The van der Waals surface area contributed by atoms with E-state index < -0.39 is 23.3 Å². The predicted octanol–water partition coefficient (Wildman–Crippen LogP) is 4.26. The largest absolute Gasteiger partial charge is 0.489 e. The second-order valence-corrected chi connectivity index (χ2v) is 8.46. The summed E-state index contributed by atoms with van der Waals surface area (Å²) in [5.41, 5.74) is -1.87. The number of nitrogens with zero attached hydrogens (tertiary/aromatic N) is 1. The summed E-state index contributed by atoms with van der Waals surface area (Å²) in [4.78, 5) is 12.6. The number of amides is 1. The van der Waals surface area contributed by atoms with E-state index in [4.69, 9.17) is 39.5 Å². The topological polar surface area (TPSA) is 82.0 Å². The summed E-state index contributed by atoms with van der Waals surface area (Å²) in [7, 11) is 0. The molecule has 3 rings (SSSR count). The molecule has 6 nitrogen and oxygen atoms in total. The molecule has 11 heteroatoms. The highest BCUT2D eigenvalue weighted by atomic mass is 35.5. The molecule has 0 unspecified atom stereocenters. The first kappa shape index (κ1) is 23.8. The molecule has 0 bridgehead atoms. The van der Waals surface area contributed by atoms with E-state index >= 15 is 0 Å². The van der Waals surface area contributed by atoms with Crippen molar-refractivity contribution in [2.45, 2.75) is 25.0 Å². The number of benzene rings is 2. The Labute approximate surface area is 192 Å². The van der Waals surface area contributed by atoms with Crippen LogP contribution in [0, 0.1) is 11.6 Å². The molecule has 0 spiro atoms. The molecule has 1 aliphatic heterocycles. The summed E-state index contributed by atoms with van der Waals surface area (Å²) < 4.78 is 34.0. The Kier molecular flexibility index (Phi) is 7.18. The van der Waals surface area contributed by atoms with Crippen molar-refractivity contribution in [1.82, 2.24) is 0 Å². The van der Waals surface area contributed by atoms with Crippen LogP contribution in [0.2, 0.25) is 15.1 Å². The Morgan fingerprint density at radius 2 is 1.94 bits per heavy atom. The van der Waals surface area contributed by atoms with Crippen molar-refractivity contribution in [3.05, 3.63) is 51.0 Å². The highest BCUT2D eigenvalue weighted by Crippen LogP contribution is 2.39. The maximum absolute atomic E-state index is 14.2. The molecule has 1 amide bonds. The predicted molar refractivity (Wildman–Crippen MR) is 115 cm³/mol. The fraction of sp³-hybridized carbons (Fsp3) is 0.350. The Morgan fingerprint density at radius 3 is 2.52 bits per heavy atom. The van der Waals surface area contributed by atoms with Gasteiger partial charge in [-0.15, -0.1) is 0 Å². The lowest BCUT2D eigenvalue weighted by Crippen LogP contribution is -2.58. The van der Waals surface area contributed by atoms with E-state index in [2.05, 4.69) is 5.32 Å². The van der Waals surface area contributed by atoms with Crippen LogP contribution in [-0.4, -0.2) is 47.5 Å². The maximum atomic E-state index is 14.2. The van der Waals surface area contributed by atoms with Crippen LogP contribution in [0.4, 0.5) is 20.2 Å². The van der Waals surface area contributed by atoms with E-state index in [9.17, 15) is 23.8 Å². The van der Waals surface area contributed by atoms with Crippen LogP contribution in [-0.2, 0) is 4.79 Å². The van der Waals surface area contributed by atoms with Gasteiger partial charge in [0.1, 0.15) is 34.8 Å². The molecule has 1 saturated heterocycles. The average Bonchev–Trinajstić information content (AvgIpc) is 2.66. The Morgan fingerprint density at radius 1 is 1.29 bits per heavy atom. The number of anilines is 2. The molecule has 0 saturated carbocycles. The Hall–Kier alpha value is -1.84. The zero-order valence-corrected chi connectivity index (χ0v) is 18.5. The number of hydrogen-bond donors (Lipinski definition) is 3. The van der Waals surface area contributed by atoms with Crippen molar-refractivity contribution in [3.63, 3.8) is 0 Å². The molecule has 1 aliphatic rings. The lowest BCUT2D eigenvalue weighted by Gasteiger charge is -2.42. The first-order valence-corrected chi connectivity index (χ1v) is 10.3. The smallest absolute Gasteiger partial charge is 0.221 e. The summed E-state index contributed by atoms with van der Waals surface area (Å²) in [6.07, 6.45) is -1.42. The molecule has 2 aromatic rings. The summed E-state index contributed by atoms with van der Waals surface area (Å²) >= 11 is 17.9. The van der Waals surface area contributed by atoms with Gasteiger partial charge in [0.25, 0.3) is 0 Å². The molecule has 3 N–H and O–H groups in total. The minimum atomic E-state index is -1.70. The number of carbonyl (C=O) groups excluding carboxylic acids is 1. The van der Waals surface area contributed by atoms with Crippen molar-refractivity contribution in [2.24, 2.45) is 0 Å². The molecule has 2 atom stereocenters. The number of carbonyl (C=O) groups is 1. The Bertz CT molecular complexity index is 988. The normalized spacial score (nSPS) is 21.2. The number of aliphatic hydroxyl groups excluding tert-OH is 1. The number of piperidine rings is 1. The van der Waals surface area contributed by atoms with Crippen molar-refractivity contribution in [2.75, 3.05) is 29.9 Å². The highest BCUT2D eigenvalue weighted by molar-refractivity contribution is 6.40.